The van der Waals surface area contributed by atoms with Gasteiger partial charge in [0.1, 0.15) is 0 Å². The van der Waals surface area contributed by atoms with Crippen molar-refractivity contribution in [1.29, 1.82) is 0 Å². The topological polar surface area (TPSA) is 58.7 Å². The normalized spacial score (nSPS) is 21.1. The molecule has 0 aromatic heterocycles. The molecule has 1 fully saturated rings. The molecular weight excluding hydrogens is 216 g/mol. The molecule has 17 heavy (non-hydrogen) atoms. The minimum Gasteiger partial charge on any atom is -0.387 e. The fraction of sp³-hybridized carbons (Fsp3) is 0.538. The molecule has 94 valence electrons. The van der Waals surface area contributed by atoms with E-state index in [4.69, 9.17) is 10.5 Å². The van der Waals surface area contributed by atoms with Gasteiger partial charge in [-0.15, -0.1) is 0 Å². The summed E-state index contributed by atoms with van der Waals surface area (Å²) >= 11 is 0. The monoisotopic (exact) mass is 236 g/mol. The van der Waals surface area contributed by atoms with Crippen LogP contribution in [0.25, 0.3) is 0 Å². The standard InChI is InChI=1S/C13H20N2O2/c14-12(10-15-6-8-17-9-7-15)13(16)11-4-2-1-3-5-11/h1-5,12-13,16H,6-10,14H2/t12-,13?/m1/s1. The van der Waals surface area contributed by atoms with Gasteiger partial charge in [-0.3, -0.25) is 4.90 Å². The summed E-state index contributed by atoms with van der Waals surface area (Å²) in [5, 5.41) is 10.1. The molecule has 0 amide bonds. The van der Waals surface area contributed by atoms with E-state index in [1.807, 2.05) is 30.3 Å². The van der Waals surface area contributed by atoms with E-state index in [-0.39, 0.29) is 6.04 Å². The van der Waals surface area contributed by atoms with E-state index in [0.29, 0.717) is 6.54 Å². The number of rotatable bonds is 4. The van der Waals surface area contributed by atoms with E-state index in [0.717, 1.165) is 31.9 Å². The molecule has 0 spiro atoms. The highest BCUT2D eigenvalue weighted by molar-refractivity contribution is 5.18. The second-order valence-corrected chi connectivity index (χ2v) is 4.43. The van der Waals surface area contributed by atoms with Crippen LogP contribution in [0, 0.1) is 0 Å². The lowest BCUT2D eigenvalue weighted by Crippen LogP contribution is -2.45. The van der Waals surface area contributed by atoms with Gasteiger partial charge in [0.25, 0.3) is 0 Å². The first-order valence-electron chi connectivity index (χ1n) is 6.06. The predicted molar refractivity (Wildman–Crippen MR) is 66.6 cm³/mol. The van der Waals surface area contributed by atoms with Crippen molar-refractivity contribution in [2.45, 2.75) is 12.1 Å². The number of aliphatic hydroxyl groups is 1. The van der Waals surface area contributed by atoms with Crippen molar-refractivity contribution in [2.75, 3.05) is 32.8 Å². The van der Waals surface area contributed by atoms with E-state index in [1.165, 1.54) is 0 Å². The van der Waals surface area contributed by atoms with E-state index in [2.05, 4.69) is 4.90 Å². The third-order valence-electron chi connectivity index (χ3n) is 3.12. The van der Waals surface area contributed by atoms with Crippen molar-refractivity contribution in [3.05, 3.63) is 35.9 Å². The molecule has 1 heterocycles. The van der Waals surface area contributed by atoms with Gasteiger partial charge < -0.3 is 15.6 Å². The number of nitrogens with zero attached hydrogens (tertiary/aromatic N) is 1. The van der Waals surface area contributed by atoms with Gasteiger partial charge in [0.05, 0.1) is 19.3 Å². The van der Waals surface area contributed by atoms with Crippen LogP contribution < -0.4 is 5.73 Å². The first kappa shape index (κ1) is 12.5. The Morgan fingerprint density at radius 3 is 2.53 bits per heavy atom. The third kappa shape index (κ3) is 3.51. The molecule has 1 saturated heterocycles. The lowest BCUT2D eigenvalue weighted by molar-refractivity contribution is 0.0249. The Labute approximate surface area is 102 Å². The molecule has 1 aliphatic heterocycles. The zero-order chi connectivity index (χ0) is 12.1. The maximum Gasteiger partial charge on any atom is 0.0953 e. The second-order valence-electron chi connectivity index (χ2n) is 4.43. The minimum absolute atomic E-state index is 0.254. The molecule has 1 aromatic carbocycles. The van der Waals surface area contributed by atoms with Gasteiger partial charge in [-0.2, -0.15) is 0 Å². The fourth-order valence-electron chi connectivity index (χ4n) is 2.08. The Kier molecular flexibility index (Phi) is 4.50. The highest BCUT2D eigenvalue weighted by atomic mass is 16.5. The number of morpholine rings is 1. The maximum atomic E-state index is 10.1. The molecule has 3 N–H and O–H groups in total. The molecule has 4 nitrogen and oxygen atoms in total. The van der Waals surface area contributed by atoms with Gasteiger partial charge in [0.15, 0.2) is 0 Å². The average Bonchev–Trinajstić information content (AvgIpc) is 2.40. The van der Waals surface area contributed by atoms with Gasteiger partial charge in [0, 0.05) is 25.7 Å². The Morgan fingerprint density at radius 1 is 1.24 bits per heavy atom. The van der Waals surface area contributed by atoms with Crippen LogP contribution in [0.2, 0.25) is 0 Å². The molecule has 1 aromatic rings. The van der Waals surface area contributed by atoms with Crippen LogP contribution in [0.3, 0.4) is 0 Å². The Morgan fingerprint density at radius 2 is 1.88 bits per heavy atom. The van der Waals surface area contributed by atoms with E-state index < -0.39 is 6.10 Å². The van der Waals surface area contributed by atoms with Gasteiger partial charge in [-0.1, -0.05) is 30.3 Å². The van der Waals surface area contributed by atoms with E-state index in [1.54, 1.807) is 0 Å². The summed E-state index contributed by atoms with van der Waals surface area (Å²) < 4.78 is 5.28. The second kappa shape index (κ2) is 6.12. The van der Waals surface area contributed by atoms with Gasteiger partial charge in [0.2, 0.25) is 0 Å². The quantitative estimate of drug-likeness (QED) is 0.793. The Balaban J connectivity index is 1.88. The van der Waals surface area contributed by atoms with Crippen LogP contribution in [0.5, 0.6) is 0 Å². The third-order valence-corrected chi connectivity index (χ3v) is 3.12. The summed E-state index contributed by atoms with van der Waals surface area (Å²) in [4.78, 5) is 2.24. The number of aliphatic hydroxyl groups excluding tert-OH is 1. The summed E-state index contributed by atoms with van der Waals surface area (Å²) in [7, 11) is 0. The number of hydrogen-bond donors (Lipinski definition) is 2. The lowest BCUT2D eigenvalue weighted by atomic mass is 10.0. The molecular formula is C13H20N2O2. The maximum absolute atomic E-state index is 10.1. The van der Waals surface area contributed by atoms with E-state index >= 15 is 0 Å². The van der Waals surface area contributed by atoms with Crippen molar-refractivity contribution in [2.24, 2.45) is 5.73 Å². The molecule has 2 atom stereocenters. The molecule has 1 aliphatic rings. The smallest absolute Gasteiger partial charge is 0.0953 e. The van der Waals surface area contributed by atoms with Crippen molar-refractivity contribution < 1.29 is 9.84 Å². The highest BCUT2D eigenvalue weighted by Gasteiger charge is 2.20. The number of hydrogen-bond acceptors (Lipinski definition) is 4. The Hall–Kier alpha value is -0.940. The Bertz CT molecular complexity index is 325. The van der Waals surface area contributed by atoms with Crippen LogP contribution in [0.4, 0.5) is 0 Å². The summed E-state index contributed by atoms with van der Waals surface area (Å²) in [5.74, 6) is 0. The van der Waals surface area contributed by atoms with Crippen LogP contribution in [-0.4, -0.2) is 48.9 Å². The fourth-order valence-corrected chi connectivity index (χ4v) is 2.08. The average molecular weight is 236 g/mol. The molecule has 4 heteroatoms. The molecule has 0 aliphatic carbocycles. The van der Waals surface area contributed by atoms with Gasteiger partial charge >= 0.3 is 0 Å². The molecule has 1 unspecified atom stereocenters. The molecule has 0 radical (unpaired) electrons. The van der Waals surface area contributed by atoms with E-state index in [9.17, 15) is 5.11 Å². The van der Waals surface area contributed by atoms with Crippen molar-refractivity contribution in [1.82, 2.24) is 4.90 Å². The van der Waals surface area contributed by atoms with Gasteiger partial charge in [-0.05, 0) is 5.56 Å². The van der Waals surface area contributed by atoms with Crippen LogP contribution in [-0.2, 0) is 4.74 Å². The molecule has 2 rings (SSSR count). The number of benzene rings is 1. The zero-order valence-corrected chi connectivity index (χ0v) is 9.96. The summed E-state index contributed by atoms with van der Waals surface area (Å²) in [6.07, 6.45) is -0.598. The van der Waals surface area contributed by atoms with Crippen LogP contribution in [0.15, 0.2) is 30.3 Å². The summed E-state index contributed by atoms with van der Waals surface area (Å²) in [6.45, 7) is 4.02. The van der Waals surface area contributed by atoms with Crippen molar-refractivity contribution in [3.63, 3.8) is 0 Å². The first-order chi connectivity index (χ1) is 8.27. The molecule has 0 bridgehead atoms. The number of ether oxygens (including phenoxy) is 1. The molecule has 0 saturated carbocycles. The first-order valence-corrected chi connectivity index (χ1v) is 6.06. The number of nitrogens with two attached hydrogens (primary N) is 1. The highest BCUT2D eigenvalue weighted by Crippen LogP contribution is 2.16. The lowest BCUT2D eigenvalue weighted by Gasteiger charge is -2.30. The van der Waals surface area contributed by atoms with Gasteiger partial charge in [-0.25, -0.2) is 0 Å². The summed E-state index contributed by atoms with van der Waals surface area (Å²) in [6, 6.07) is 9.33. The predicted octanol–water partition coefficient (Wildman–Crippen LogP) is 0.380. The van der Waals surface area contributed by atoms with Crippen molar-refractivity contribution >= 4 is 0 Å². The SMILES string of the molecule is N[C@H](CN1CCOCC1)C(O)c1ccccc1. The van der Waals surface area contributed by atoms with Crippen LogP contribution >= 0.6 is 0 Å². The summed E-state index contributed by atoms with van der Waals surface area (Å²) in [5.41, 5.74) is 6.93. The zero-order valence-electron chi connectivity index (χ0n) is 9.96. The van der Waals surface area contributed by atoms with Crippen molar-refractivity contribution in [3.8, 4) is 0 Å². The largest absolute Gasteiger partial charge is 0.387 e. The minimum atomic E-state index is -0.598. The van der Waals surface area contributed by atoms with Crippen LogP contribution in [0.1, 0.15) is 11.7 Å².